The van der Waals surface area contributed by atoms with E-state index in [4.69, 9.17) is 16.7 Å². The molecule has 0 saturated heterocycles. The molecule has 0 saturated carbocycles. The SMILES string of the molecule is CC(CO)CNC(=O)CCCc1ccc(Cl)cc1. The number of nitrogens with one attached hydrogen (secondary N) is 1. The number of aliphatic hydroxyl groups is 1. The predicted octanol–water partition coefficient (Wildman–Crippen LogP) is 2.41. The van der Waals surface area contributed by atoms with Crippen LogP contribution in [0, 0.1) is 5.92 Å². The molecule has 0 radical (unpaired) electrons. The van der Waals surface area contributed by atoms with Crippen LogP contribution in [-0.4, -0.2) is 24.2 Å². The maximum Gasteiger partial charge on any atom is 0.220 e. The number of benzene rings is 1. The van der Waals surface area contributed by atoms with E-state index in [2.05, 4.69) is 5.32 Å². The van der Waals surface area contributed by atoms with Crippen molar-refractivity contribution in [2.24, 2.45) is 5.92 Å². The average molecular weight is 270 g/mol. The molecule has 1 aromatic carbocycles. The lowest BCUT2D eigenvalue weighted by molar-refractivity contribution is -0.121. The summed E-state index contributed by atoms with van der Waals surface area (Å²) in [5.41, 5.74) is 1.19. The largest absolute Gasteiger partial charge is 0.396 e. The first kappa shape index (κ1) is 15.0. The zero-order chi connectivity index (χ0) is 13.4. The molecule has 0 aliphatic heterocycles. The molecule has 0 heterocycles. The number of carbonyl (C=O) groups excluding carboxylic acids is 1. The first-order valence-corrected chi connectivity index (χ1v) is 6.61. The molecule has 0 spiro atoms. The summed E-state index contributed by atoms with van der Waals surface area (Å²) in [5.74, 6) is 0.162. The van der Waals surface area contributed by atoms with Gasteiger partial charge in [-0.15, -0.1) is 0 Å². The van der Waals surface area contributed by atoms with Crippen molar-refractivity contribution < 1.29 is 9.90 Å². The maximum atomic E-state index is 11.5. The highest BCUT2D eigenvalue weighted by Gasteiger charge is 2.04. The van der Waals surface area contributed by atoms with E-state index in [1.807, 2.05) is 31.2 Å². The van der Waals surface area contributed by atoms with Gasteiger partial charge in [-0.3, -0.25) is 4.79 Å². The molecule has 0 aromatic heterocycles. The first-order valence-electron chi connectivity index (χ1n) is 6.24. The van der Waals surface area contributed by atoms with Crippen LogP contribution in [-0.2, 0) is 11.2 Å². The Kier molecular flexibility index (Phi) is 6.76. The van der Waals surface area contributed by atoms with Gasteiger partial charge in [-0.05, 0) is 36.5 Å². The lowest BCUT2D eigenvalue weighted by Gasteiger charge is -2.09. The first-order chi connectivity index (χ1) is 8.61. The number of rotatable bonds is 7. The minimum atomic E-state index is 0.0456. The third-order valence-corrected chi connectivity index (χ3v) is 2.99. The highest BCUT2D eigenvalue weighted by molar-refractivity contribution is 6.30. The van der Waals surface area contributed by atoms with Crippen molar-refractivity contribution >= 4 is 17.5 Å². The smallest absolute Gasteiger partial charge is 0.220 e. The summed E-state index contributed by atoms with van der Waals surface area (Å²) in [7, 11) is 0. The zero-order valence-corrected chi connectivity index (χ0v) is 11.4. The van der Waals surface area contributed by atoms with Gasteiger partial charge in [0.15, 0.2) is 0 Å². The number of amides is 1. The Bertz CT molecular complexity index is 365. The van der Waals surface area contributed by atoms with Crippen molar-refractivity contribution in [2.75, 3.05) is 13.2 Å². The van der Waals surface area contributed by atoms with Crippen LogP contribution in [0.2, 0.25) is 5.02 Å². The molecule has 2 N–H and O–H groups in total. The molecule has 3 nitrogen and oxygen atoms in total. The molecule has 1 amide bonds. The number of hydrogen-bond donors (Lipinski definition) is 2. The van der Waals surface area contributed by atoms with Gasteiger partial charge >= 0.3 is 0 Å². The van der Waals surface area contributed by atoms with Crippen LogP contribution in [0.1, 0.15) is 25.3 Å². The molecule has 1 aromatic rings. The van der Waals surface area contributed by atoms with Gasteiger partial charge in [0.1, 0.15) is 0 Å². The quantitative estimate of drug-likeness (QED) is 0.799. The normalized spacial score (nSPS) is 12.2. The summed E-state index contributed by atoms with van der Waals surface area (Å²) in [6.07, 6.45) is 2.21. The monoisotopic (exact) mass is 269 g/mol. The van der Waals surface area contributed by atoms with Crippen LogP contribution in [0.15, 0.2) is 24.3 Å². The standard InChI is InChI=1S/C14H20ClNO2/c1-11(10-17)9-16-14(18)4-2-3-12-5-7-13(15)8-6-12/h5-8,11,17H,2-4,9-10H2,1H3,(H,16,18). The van der Waals surface area contributed by atoms with Crippen molar-refractivity contribution in [3.8, 4) is 0 Å². The molecule has 18 heavy (non-hydrogen) atoms. The maximum absolute atomic E-state index is 11.5. The fourth-order valence-corrected chi connectivity index (χ4v) is 1.67. The van der Waals surface area contributed by atoms with E-state index < -0.39 is 0 Å². The highest BCUT2D eigenvalue weighted by Crippen LogP contribution is 2.11. The second kappa shape index (κ2) is 8.11. The lowest BCUT2D eigenvalue weighted by Crippen LogP contribution is -2.29. The third-order valence-electron chi connectivity index (χ3n) is 2.74. The molecule has 0 bridgehead atoms. The summed E-state index contributed by atoms with van der Waals surface area (Å²) >= 11 is 5.80. The van der Waals surface area contributed by atoms with Gasteiger partial charge in [0.25, 0.3) is 0 Å². The number of aryl methyl sites for hydroxylation is 1. The third kappa shape index (κ3) is 6.03. The van der Waals surface area contributed by atoms with E-state index in [0.717, 1.165) is 17.9 Å². The highest BCUT2D eigenvalue weighted by atomic mass is 35.5. The molecular formula is C14H20ClNO2. The van der Waals surface area contributed by atoms with Gasteiger partial charge in [0.2, 0.25) is 5.91 Å². The molecule has 100 valence electrons. The Morgan fingerprint density at radius 2 is 2.06 bits per heavy atom. The number of hydrogen-bond acceptors (Lipinski definition) is 2. The van der Waals surface area contributed by atoms with Crippen LogP contribution in [0.25, 0.3) is 0 Å². The molecular weight excluding hydrogens is 250 g/mol. The van der Waals surface area contributed by atoms with Gasteiger partial charge < -0.3 is 10.4 Å². The van der Waals surface area contributed by atoms with Gasteiger partial charge in [0.05, 0.1) is 0 Å². The van der Waals surface area contributed by atoms with E-state index in [9.17, 15) is 4.79 Å². The second-order valence-electron chi connectivity index (χ2n) is 4.57. The van der Waals surface area contributed by atoms with Crippen molar-refractivity contribution in [3.63, 3.8) is 0 Å². The van der Waals surface area contributed by atoms with E-state index in [1.54, 1.807) is 0 Å². The lowest BCUT2D eigenvalue weighted by atomic mass is 10.1. The molecule has 0 aliphatic rings. The van der Waals surface area contributed by atoms with Crippen molar-refractivity contribution in [1.29, 1.82) is 0 Å². The Morgan fingerprint density at radius 3 is 2.67 bits per heavy atom. The molecule has 0 fully saturated rings. The van der Waals surface area contributed by atoms with Crippen LogP contribution < -0.4 is 5.32 Å². The Labute approximate surface area is 113 Å². The fourth-order valence-electron chi connectivity index (χ4n) is 1.55. The molecule has 4 heteroatoms. The van der Waals surface area contributed by atoms with Crippen LogP contribution in [0.5, 0.6) is 0 Å². The van der Waals surface area contributed by atoms with Crippen LogP contribution in [0.3, 0.4) is 0 Å². The Balaban J connectivity index is 2.17. The zero-order valence-electron chi connectivity index (χ0n) is 10.7. The van der Waals surface area contributed by atoms with E-state index in [1.165, 1.54) is 5.56 Å². The molecule has 1 atom stereocenters. The number of aliphatic hydroxyl groups excluding tert-OH is 1. The summed E-state index contributed by atoms with van der Waals surface area (Å²) < 4.78 is 0. The van der Waals surface area contributed by atoms with Crippen LogP contribution >= 0.6 is 11.6 Å². The molecule has 0 aliphatic carbocycles. The van der Waals surface area contributed by atoms with Crippen molar-refractivity contribution in [2.45, 2.75) is 26.2 Å². The minimum Gasteiger partial charge on any atom is -0.396 e. The number of halogens is 1. The summed E-state index contributed by atoms with van der Waals surface area (Å²) in [6, 6.07) is 7.68. The molecule has 1 rings (SSSR count). The minimum absolute atomic E-state index is 0.0456. The Hall–Kier alpha value is -1.06. The van der Waals surface area contributed by atoms with E-state index in [-0.39, 0.29) is 18.4 Å². The summed E-state index contributed by atoms with van der Waals surface area (Å²) in [5, 5.41) is 12.4. The van der Waals surface area contributed by atoms with Crippen LogP contribution in [0.4, 0.5) is 0 Å². The van der Waals surface area contributed by atoms with Gasteiger partial charge in [-0.2, -0.15) is 0 Å². The second-order valence-corrected chi connectivity index (χ2v) is 5.01. The Morgan fingerprint density at radius 1 is 1.39 bits per heavy atom. The number of carbonyl (C=O) groups is 1. The average Bonchev–Trinajstić information content (AvgIpc) is 2.38. The molecule has 1 unspecified atom stereocenters. The van der Waals surface area contributed by atoms with E-state index in [0.29, 0.717) is 13.0 Å². The summed E-state index contributed by atoms with van der Waals surface area (Å²) in [6.45, 7) is 2.54. The van der Waals surface area contributed by atoms with Crippen molar-refractivity contribution in [3.05, 3.63) is 34.9 Å². The predicted molar refractivity (Wildman–Crippen MR) is 73.6 cm³/mol. The van der Waals surface area contributed by atoms with E-state index >= 15 is 0 Å². The van der Waals surface area contributed by atoms with Gasteiger partial charge in [-0.1, -0.05) is 30.7 Å². The fraction of sp³-hybridized carbons (Fsp3) is 0.500. The summed E-state index contributed by atoms with van der Waals surface area (Å²) in [4.78, 5) is 11.5. The van der Waals surface area contributed by atoms with Gasteiger partial charge in [0, 0.05) is 24.6 Å². The van der Waals surface area contributed by atoms with Gasteiger partial charge in [-0.25, -0.2) is 0 Å². The topological polar surface area (TPSA) is 49.3 Å². The van der Waals surface area contributed by atoms with Crippen molar-refractivity contribution in [1.82, 2.24) is 5.32 Å².